The summed E-state index contributed by atoms with van der Waals surface area (Å²) in [6.45, 7) is 39.1. The van der Waals surface area contributed by atoms with E-state index in [1.165, 1.54) is 173 Å². The number of hydrogen-bond donors (Lipinski definition) is 5. The van der Waals surface area contributed by atoms with E-state index < -0.39 is 0 Å². The van der Waals surface area contributed by atoms with E-state index in [1.807, 2.05) is 14.0 Å². The van der Waals surface area contributed by atoms with Crippen LogP contribution in [0.2, 0.25) is 0 Å². The van der Waals surface area contributed by atoms with E-state index in [1.54, 1.807) is 0 Å². The van der Waals surface area contributed by atoms with Crippen molar-refractivity contribution in [3.05, 3.63) is 34.6 Å². The molecule has 21 rings (SSSR count). The van der Waals surface area contributed by atoms with Gasteiger partial charge >= 0.3 is 291 Å². The zero-order valence-corrected chi connectivity index (χ0v) is 103. The summed E-state index contributed by atoms with van der Waals surface area (Å²) in [4.78, 5) is 12.2. The number of nitrogens with zero attached hydrogens (tertiary/aromatic N) is 2. The van der Waals surface area contributed by atoms with Crippen LogP contribution < -0.4 is 291 Å². The number of rotatable bonds is 2. The van der Waals surface area contributed by atoms with Gasteiger partial charge in [0.2, 0.25) is 0 Å². The quantitative estimate of drug-likeness (QED) is 0.170. The normalized spacial score (nSPS) is 53.4. The van der Waals surface area contributed by atoms with Crippen LogP contribution in [0.25, 0.3) is 0 Å². The summed E-state index contributed by atoms with van der Waals surface area (Å²) in [6.07, 6.45) is 53.9. The zero-order valence-electron chi connectivity index (χ0n) is 78.4. The molecule has 1 heterocycles. The SMILES string of the molecule is [CH2-][C@]12CC[C@@H](O)C[C@@H]1CC[C@@H]1[C@@H]2CC[C@@]2(C)[C@H]1CC[C@@]21CO1.[CH2-][C@]12CC[C@@H](O)C[C@@H]1CC[C@@H]1[C@@H]2CC[C@]2(C)C(C#N)CC[C@@H]12.[CH2-][C@]12CC[C@@H](O)C[C@@H]1CC[C@@H]1[C@@H]2CC[C@]2(C)[C@@H](C#N)CC[C@@H]12.[CH2-][C@]12CC[C@@H](O)C[C@@H]1CC[C@@H]1[C@@H]2CC[C@]2(C)[C@@H](C(C)=O)CC[C@@H]12.[CH2-][C@]12CC[C@@H](O)C[C@@H]1CC[C@@H]1[C@@H]2CC[C@]2(C)[C@@H](OC)CC[C@@H]12.[OH-].[OH-].[OH-].[OH-].[OH-].[Rb+].[Rb+].[Rb+].[Rb+].[Rb+]. The topological polar surface area (TPSA) is 338 Å². The fourth-order valence-electron chi connectivity index (χ4n) is 37.1. The zero-order chi connectivity index (χ0) is 78.2. The molecule has 20 heteroatoms. The number of aliphatic hydroxyl groups is 5. The molecule has 40 atom stereocenters. The van der Waals surface area contributed by atoms with Crippen LogP contribution in [0.3, 0.4) is 0 Å². The van der Waals surface area contributed by atoms with E-state index in [4.69, 9.17) is 44.1 Å². The van der Waals surface area contributed by atoms with Gasteiger partial charge in [0, 0.05) is 18.4 Å². The molecule has 0 aromatic carbocycles. The van der Waals surface area contributed by atoms with Gasteiger partial charge in [0.05, 0.1) is 72.8 Å². The van der Waals surface area contributed by atoms with Gasteiger partial charge in [-0.15, -0.1) is 0 Å². The van der Waals surface area contributed by atoms with Crippen LogP contribution >= 0.6 is 0 Å². The van der Waals surface area contributed by atoms with Crippen molar-refractivity contribution in [1.29, 1.82) is 10.5 Å². The third-order valence-corrected chi connectivity index (χ3v) is 43.5. The Hall–Kier alpha value is 7.20. The van der Waals surface area contributed by atoms with Gasteiger partial charge in [-0.25, -0.2) is 0 Å². The van der Waals surface area contributed by atoms with Crippen molar-refractivity contribution in [1.82, 2.24) is 0 Å². The minimum atomic E-state index is -0.0890. The minimum Gasteiger partial charge on any atom is -0.870 e. The Bertz CT molecular complexity index is 3390. The number of aliphatic hydroxyl groups excluding tert-OH is 5. The average molecular weight is 2040 g/mol. The predicted octanol–water partition coefficient (Wildman–Crippen LogP) is 5.43. The molecule has 1 unspecified atom stereocenters. The number of ether oxygens (including phenoxy) is 2. The summed E-state index contributed by atoms with van der Waals surface area (Å²) in [6, 6.07) is 5.24. The Balaban J connectivity index is 0.000000204. The van der Waals surface area contributed by atoms with Gasteiger partial charge in [-0.3, -0.25) is 4.79 Å². The maximum absolute atomic E-state index is 12.2. The van der Waals surface area contributed by atoms with E-state index in [9.17, 15) is 40.9 Å². The first-order chi connectivity index (χ1) is 52.8. The predicted molar refractivity (Wildman–Crippen MR) is 449 cm³/mol. The molecule has 20 saturated carbocycles. The molecule has 121 heavy (non-hydrogen) atoms. The molecule has 21 fully saturated rings. The summed E-state index contributed by atoms with van der Waals surface area (Å²) in [5.41, 5.74) is 3.10. The molecule has 1 saturated heterocycles. The number of fused-ring (bicyclic) bond motifs is 26. The second kappa shape index (κ2) is 44.6. The maximum Gasteiger partial charge on any atom is 1.00 e. The summed E-state index contributed by atoms with van der Waals surface area (Å²) < 4.78 is 11.9. The molecule has 664 valence electrons. The molecular weight excluding hydrogens is 1880 g/mol. The molecule has 0 amide bonds. The molecule has 1 spiro atoms. The third-order valence-electron chi connectivity index (χ3n) is 43.5. The van der Waals surface area contributed by atoms with Gasteiger partial charge in [-0.1, -0.05) is 190 Å². The number of Topliss-reactive ketones (excluding diaryl/α,β-unsaturated/α-hetero) is 1. The molecule has 0 bridgehead atoms. The summed E-state index contributed by atoms with van der Waals surface area (Å²) in [5, 5.41) is 69.4. The molecule has 0 aromatic heterocycles. The van der Waals surface area contributed by atoms with Gasteiger partial charge < -0.3 is 97.0 Å². The van der Waals surface area contributed by atoms with Crippen LogP contribution in [0.1, 0.15) is 330 Å². The second-order valence-corrected chi connectivity index (χ2v) is 46.6. The van der Waals surface area contributed by atoms with Gasteiger partial charge in [-0.05, 0) is 280 Å². The minimum absolute atomic E-state index is 0. The monoisotopic (exact) mass is 2040 g/mol. The van der Waals surface area contributed by atoms with Crippen LogP contribution in [0.15, 0.2) is 0 Å². The number of methoxy groups -OCH3 is 1. The number of hydrogen-bond acceptors (Lipinski definition) is 15. The van der Waals surface area contributed by atoms with Gasteiger partial charge in [0.15, 0.2) is 0 Å². The van der Waals surface area contributed by atoms with E-state index in [-0.39, 0.29) is 410 Å². The largest absolute Gasteiger partial charge is 1.00 e. The molecule has 0 aromatic rings. The van der Waals surface area contributed by atoms with Gasteiger partial charge in [0.1, 0.15) is 5.78 Å². The van der Waals surface area contributed by atoms with Crippen LogP contribution in [-0.4, -0.2) is 115 Å². The average Bonchev–Trinajstić information content (AvgIpc) is 1.53. The van der Waals surface area contributed by atoms with Crippen LogP contribution in [0.4, 0.5) is 0 Å². The number of nitriles is 2. The Labute approximate surface area is 979 Å². The van der Waals surface area contributed by atoms with Crippen molar-refractivity contribution in [3.8, 4) is 12.1 Å². The molecule has 20 aliphatic carbocycles. The fraction of sp³-hybridized carbons (Fsp3) is 0.921. The Morgan fingerprint density at radius 1 is 0.331 bits per heavy atom. The summed E-state index contributed by atoms with van der Waals surface area (Å²) in [5.74, 6) is 16.4. The van der Waals surface area contributed by atoms with Crippen molar-refractivity contribution in [2.45, 2.75) is 373 Å². The number of epoxide rings is 1. The third kappa shape index (κ3) is 19.9. The number of carbonyl (C=O) groups excluding carboxylic acids is 1. The van der Waals surface area contributed by atoms with Gasteiger partial charge in [0.25, 0.3) is 0 Å². The van der Waals surface area contributed by atoms with E-state index in [0.29, 0.717) is 58.2 Å². The maximum atomic E-state index is 12.2. The van der Waals surface area contributed by atoms with Crippen molar-refractivity contribution >= 4 is 5.78 Å². The fourth-order valence-corrected chi connectivity index (χ4v) is 37.1. The Kier molecular flexibility index (Phi) is 42.4. The Morgan fingerprint density at radius 2 is 0.595 bits per heavy atom. The molecule has 0 radical (unpaired) electrons. The molecule has 21 aliphatic rings. The smallest absolute Gasteiger partial charge is 0.870 e. The standard InChI is InChI=1S/C21H33O2.2C20H30NO.C20H31O2.C20H33O2.5H2O.5Rb/c1-13(22)17-6-7-18-16-5-4-14-12-15(23)8-10-20(14,2)19(16)9-11-21(17,18)3;2*1-19-9-7-15(22)11-13(19)3-5-16-17-6-4-14(12-21)20(17,2)10-8-18(16)19;1-18-8-5-14(21)11-13(18)3-4-15-16(18)6-9-19(2)17(15)7-10-20(19)12-22-20;1-19-10-8-14(21)12-13(19)4-5-15-16-6-7-18(22-3)20(16,2)11-9-17(15)19;;;;;;;;;;/h14-19,23H,2,4-12H2,1,3H3;2*13-18,22H,1,3-11H2,2H3;13-17,21H,1,3-12H2,2H3;13-18,21H,1,4-12H2,2-3H3;5*1H2;;;;;/q5*-1;;;;;;5*+1/p-5/t14-,15+,16-,17+,18-,19-,20-,21+;13-,14?,15+,16-,17-,18-,19-,20+;2*13-,14+,15+,16-,17-,18-,19-,20+;13-,14+,15-,16-,17-,18-,19-,20-;;;;;;;;;;/m00000........../s1. The van der Waals surface area contributed by atoms with Crippen molar-refractivity contribution in [2.75, 3.05) is 13.7 Å². The van der Waals surface area contributed by atoms with E-state index >= 15 is 0 Å². The van der Waals surface area contributed by atoms with Crippen LogP contribution in [-0.2, 0) is 14.3 Å². The molecule has 15 nitrogen and oxygen atoms in total. The summed E-state index contributed by atoms with van der Waals surface area (Å²) in [7, 11) is 1.91. The van der Waals surface area contributed by atoms with E-state index in [0.717, 1.165) is 211 Å². The van der Waals surface area contributed by atoms with E-state index in [2.05, 4.69) is 46.8 Å². The first-order valence-electron chi connectivity index (χ1n) is 47.9. The van der Waals surface area contributed by atoms with Crippen LogP contribution in [0.5, 0.6) is 0 Å². The first-order valence-corrected chi connectivity index (χ1v) is 47.9. The number of ketones is 1. The first kappa shape index (κ1) is 115. The van der Waals surface area contributed by atoms with Gasteiger partial charge in [-0.2, -0.15) is 37.6 Å². The van der Waals surface area contributed by atoms with Crippen molar-refractivity contribution < 1.29 is 358 Å². The van der Waals surface area contributed by atoms with Crippen molar-refractivity contribution in [2.24, 2.45) is 190 Å². The summed E-state index contributed by atoms with van der Waals surface area (Å²) >= 11 is 0. The number of carbonyl (C=O) groups is 1. The van der Waals surface area contributed by atoms with Crippen molar-refractivity contribution in [3.63, 3.8) is 0 Å². The molecule has 10 N–H and O–H groups in total. The second-order valence-electron chi connectivity index (χ2n) is 46.6. The molecule has 1 aliphatic heterocycles. The Morgan fingerprint density at radius 3 is 0.901 bits per heavy atom. The van der Waals surface area contributed by atoms with Crippen LogP contribution in [0, 0.1) is 248 Å². The molecular formula is C101H162N2O13Rb5-5.